The Morgan fingerprint density at radius 1 is 1.24 bits per heavy atom. The molecule has 21 heavy (non-hydrogen) atoms. The maximum absolute atomic E-state index is 10.2. The molecule has 1 heterocycles. The summed E-state index contributed by atoms with van der Waals surface area (Å²) in [6.45, 7) is 3.39. The lowest BCUT2D eigenvalue weighted by Crippen LogP contribution is -2.38. The van der Waals surface area contributed by atoms with E-state index in [-0.39, 0.29) is 12.7 Å². The largest absolute Gasteiger partial charge is 0.394 e. The average Bonchev–Trinajstić information content (AvgIpc) is 2.52. The first-order valence-electron chi connectivity index (χ1n) is 7.57. The number of likely N-dealkylation sites (tertiary alicyclic amines) is 1. The summed E-state index contributed by atoms with van der Waals surface area (Å²) in [5.74, 6) is 0. The Morgan fingerprint density at radius 3 is 2.52 bits per heavy atom. The van der Waals surface area contributed by atoms with Crippen molar-refractivity contribution in [3.63, 3.8) is 0 Å². The summed E-state index contributed by atoms with van der Waals surface area (Å²) in [5.41, 5.74) is 0.917. The number of aliphatic hydroxyl groups excluding tert-OH is 2. The Hall–Kier alpha value is -0.650. The molecule has 5 heteroatoms. The molecular weight excluding hydrogens is 290 g/mol. The summed E-state index contributed by atoms with van der Waals surface area (Å²) in [7, 11) is 0. The van der Waals surface area contributed by atoms with Crippen LogP contribution in [0.5, 0.6) is 0 Å². The van der Waals surface area contributed by atoms with Gasteiger partial charge in [-0.25, -0.2) is 0 Å². The van der Waals surface area contributed by atoms with Gasteiger partial charge in [-0.15, -0.1) is 0 Å². The average molecular weight is 314 g/mol. The second-order valence-electron chi connectivity index (χ2n) is 5.49. The van der Waals surface area contributed by atoms with Crippen molar-refractivity contribution in [1.29, 1.82) is 0 Å². The van der Waals surface area contributed by atoms with E-state index in [2.05, 4.69) is 4.90 Å². The first kappa shape index (κ1) is 16.7. The monoisotopic (exact) mass is 313 g/mol. The molecule has 1 unspecified atom stereocenters. The maximum atomic E-state index is 10.2. The minimum absolute atomic E-state index is 0.0908. The number of nitrogens with zero attached hydrogens (tertiary/aromatic N) is 1. The van der Waals surface area contributed by atoms with E-state index in [0.29, 0.717) is 11.6 Å². The normalized spacial score (nSPS) is 18.8. The van der Waals surface area contributed by atoms with Gasteiger partial charge in [-0.3, -0.25) is 0 Å². The summed E-state index contributed by atoms with van der Waals surface area (Å²) in [6, 6.07) is 7.37. The first-order chi connectivity index (χ1) is 10.2. The van der Waals surface area contributed by atoms with Gasteiger partial charge in [-0.05, 0) is 37.0 Å². The van der Waals surface area contributed by atoms with E-state index in [1.54, 1.807) is 0 Å². The molecule has 1 fully saturated rings. The lowest BCUT2D eigenvalue weighted by molar-refractivity contribution is -0.00958. The standard InChI is InChI=1S/C16H24ClNO3/c17-14-3-1-13(2-4-14)16(20)7-10-18-8-5-15(6-9-18)21-12-11-19/h1-4,15-16,19-20H,5-12H2. The van der Waals surface area contributed by atoms with E-state index in [1.165, 1.54) is 0 Å². The quantitative estimate of drug-likeness (QED) is 0.810. The number of piperidine rings is 1. The molecule has 1 aromatic rings. The Kier molecular flexibility index (Phi) is 6.93. The summed E-state index contributed by atoms with van der Waals surface area (Å²) >= 11 is 5.85. The van der Waals surface area contributed by atoms with Crippen LogP contribution >= 0.6 is 11.6 Å². The van der Waals surface area contributed by atoms with Gasteiger partial charge < -0.3 is 19.8 Å². The summed E-state index contributed by atoms with van der Waals surface area (Å²) < 4.78 is 5.55. The number of benzene rings is 1. The highest BCUT2D eigenvalue weighted by Gasteiger charge is 2.20. The maximum Gasteiger partial charge on any atom is 0.0802 e. The van der Waals surface area contributed by atoms with Crippen molar-refractivity contribution >= 4 is 11.6 Å². The first-order valence-corrected chi connectivity index (χ1v) is 7.95. The van der Waals surface area contributed by atoms with Gasteiger partial charge in [0.2, 0.25) is 0 Å². The van der Waals surface area contributed by atoms with Crippen LogP contribution in [0.25, 0.3) is 0 Å². The second-order valence-corrected chi connectivity index (χ2v) is 5.93. The van der Waals surface area contributed by atoms with Crippen molar-refractivity contribution in [2.75, 3.05) is 32.8 Å². The lowest BCUT2D eigenvalue weighted by Gasteiger charge is -2.32. The third-order valence-electron chi connectivity index (χ3n) is 3.95. The van der Waals surface area contributed by atoms with Crippen molar-refractivity contribution in [1.82, 2.24) is 4.90 Å². The molecule has 0 radical (unpaired) electrons. The molecule has 0 saturated carbocycles. The molecule has 0 aliphatic carbocycles. The number of hydrogen-bond donors (Lipinski definition) is 2. The van der Waals surface area contributed by atoms with Crippen LogP contribution in [0, 0.1) is 0 Å². The van der Waals surface area contributed by atoms with Gasteiger partial charge in [0.1, 0.15) is 0 Å². The molecule has 1 atom stereocenters. The highest BCUT2D eigenvalue weighted by molar-refractivity contribution is 6.30. The Balaban J connectivity index is 1.68. The van der Waals surface area contributed by atoms with Gasteiger partial charge in [0.15, 0.2) is 0 Å². The number of halogens is 1. The van der Waals surface area contributed by atoms with Gasteiger partial charge in [0.05, 0.1) is 25.4 Å². The van der Waals surface area contributed by atoms with Crippen LogP contribution in [0.1, 0.15) is 30.9 Å². The highest BCUT2D eigenvalue weighted by atomic mass is 35.5. The molecule has 0 amide bonds. The van der Waals surface area contributed by atoms with Gasteiger partial charge in [0, 0.05) is 24.7 Å². The van der Waals surface area contributed by atoms with E-state index in [0.717, 1.165) is 44.5 Å². The SMILES string of the molecule is OCCOC1CCN(CCC(O)c2ccc(Cl)cc2)CC1. The molecule has 4 nitrogen and oxygen atoms in total. The summed E-state index contributed by atoms with van der Waals surface area (Å²) in [4.78, 5) is 2.36. The minimum Gasteiger partial charge on any atom is -0.394 e. The number of aliphatic hydroxyl groups is 2. The molecule has 1 aromatic carbocycles. The topological polar surface area (TPSA) is 52.9 Å². The predicted molar refractivity (Wildman–Crippen MR) is 83.5 cm³/mol. The van der Waals surface area contributed by atoms with E-state index in [9.17, 15) is 5.11 Å². The zero-order valence-corrected chi connectivity index (χ0v) is 13.0. The van der Waals surface area contributed by atoms with Crippen molar-refractivity contribution in [3.05, 3.63) is 34.9 Å². The van der Waals surface area contributed by atoms with E-state index < -0.39 is 6.10 Å². The predicted octanol–water partition coefficient (Wildman–Crippen LogP) is 2.24. The smallest absolute Gasteiger partial charge is 0.0802 e. The van der Waals surface area contributed by atoms with Crippen LogP contribution in [-0.2, 0) is 4.74 Å². The molecule has 1 aliphatic heterocycles. The second kappa shape index (κ2) is 8.71. The number of rotatable bonds is 7. The van der Waals surface area contributed by atoms with Crippen molar-refractivity contribution in [2.45, 2.75) is 31.5 Å². The zero-order valence-electron chi connectivity index (χ0n) is 12.2. The molecule has 1 saturated heterocycles. The molecular formula is C16H24ClNO3. The molecule has 0 aromatic heterocycles. The zero-order chi connectivity index (χ0) is 15.1. The van der Waals surface area contributed by atoms with Crippen LogP contribution in [0.3, 0.4) is 0 Å². The molecule has 1 aliphatic rings. The van der Waals surface area contributed by atoms with Crippen molar-refractivity contribution < 1.29 is 14.9 Å². The van der Waals surface area contributed by atoms with Gasteiger partial charge in [-0.2, -0.15) is 0 Å². The minimum atomic E-state index is -0.439. The third-order valence-corrected chi connectivity index (χ3v) is 4.20. The highest BCUT2D eigenvalue weighted by Crippen LogP contribution is 2.21. The van der Waals surface area contributed by atoms with E-state index in [1.807, 2.05) is 24.3 Å². The van der Waals surface area contributed by atoms with Crippen LogP contribution in [0.4, 0.5) is 0 Å². The number of ether oxygens (including phenoxy) is 1. The van der Waals surface area contributed by atoms with Gasteiger partial charge in [-0.1, -0.05) is 23.7 Å². The van der Waals surface area contributed by atoms with Crippen LogP contribution < -0.4 is 0 Å². The fourth-order valence-electron chi connectivity index (χ4n) is 2.68. The lowest BCUT2D eigenvalue weighted by atomic mass is 10.0. The molecule has 118 valence electrons. The van der Waals surface area contributed by atoms with Crippen LogP contribution in [0.2, 0.25) is 5.02 Å². The van der Waals surface area contributed by atoms with E-state index >= 15 is 0 Å². The molecule has 2 N–H and O–H groups in total. The van der Waals surface area contributed by atoms with E-state index in [4.69, 9.17) is 21.4 Å². The summed E-state index contributed by atoms with van der Waals surface area (Å²) in [6.07, 6.45) is 2.55. The fourth-order valence-corrected chi connectivity index (χ4v) is 2.80. The van der Waals surface area contributed by atoms with Gasteiger partial charge >= 0.3 is 0 Å². The third kappa shape index (κ3) is 5.57. The fraction of sp³-hybridized carbons (Fsp3) is 0.625. The van der Waals surface area contributed by atoms with Crippen molar-refractivity contribution in [2.24, 2.45) is 0 Å². The van der Waals surface area contributed by atoms with Gasteiger partial charge in [0.25, 0.3) is 0 Å². The molecule has 0 spiro atoms. The Bertz CT molecular complexity index is 404. The Labute approximate surface area is 131 Å². The molecule has 2 rings (SSSR count). The van der Waals surface area contributed by atoms with Crippen LogP contribution in [-0.4, -0.2) is 54.1 Å². The Morgan fingerprint density at radius 2 is 1.90 bits per heavy atom. The molecule has 0 bridgehead atoms. The number of hydrogen-bond acceptors (Lipinski definition) is 4. The van der Waals surface area contributed by atoms with Crippen LogP contribution in [0.15, 0.2) is 24.3 Å². The summed E-state index contributed by atoms with van der Waals surface area (Å²) in [5, 5.41) is 19.6. The van der Waals surface area contributed by atoms with Crippen molar-refractivity contribution in [3.8, 4) is 0 Å².